The van der Waals surface area contributed by atoms with Gasteiger partial charge in [-0.15, -0.1) is 0 Å². The summed E-state index contributed by atoms with van der Waals surface area (Å²) in [7, 11) is -3.32. The summed E-state index contributed by atoms with van der Waals surface area (Å²) in [6.45, 7) is 1.44. The average molecular weight is 468 g/mol. The van der Waals surface area contributed by atoms with Gasteiger partial charge in [-0.2, -0.15) is 0 Å². The fraction of sp³-hybridized carbons (Fsp3) is 0.316. The molecule has 0 bridgehead atoms. The molecule has 2 aromatic carbocycles. The minimum Gasteiger partial charge on any atom is -0.486 e. The van der Waals surface area contributed by atoms with Crippen LogP contribution < -0.4 is 13.8 Å². The third-order valence-electron chi connectivity index (χ3n) is 4.64. The lowest BCUT2D eigenvalue weighted by Crippen LogP contribution is -2.27. The molecule has 0 radical (unpaired) electrons. The highest BCUT2D eigenvalue weighted by atomic mass is 79.9. The zero-order valence-corrected chi connectivity index (χ0v) is 17.5. The largest absolute Gasteiger partial charge is 0.486 e. The van der Waals surface area contributed by atoms with Gasteiger partial charge >= 0.3 is 5.97 Å². The third-order valence-corrected chi connectivity index (χ3v) is 6.56. The van der Waals surface area contributed by atoms with E-state index in [1.165, 1.54) is 10.6 Å². The van der Waals surface area contributed by atoms with Crippen LogP contribution in [0.4, 0.5) is 5.69 Å². The second kappa shape index (κ2) is 7.29. The SMILES string of the molecule is CS(=O)(=O)N1CCc2cc(C(=O)OCc3cc4c(cc3Br)OCCO4)ccc21. The number of nitrogens with zero attached hydrogens (tertiary/aromatic N) is 1. The van der Waals surface area contributed by atoms with Crippen LogP contribution in [0.1, 0.15) is 21.5 Å². The van der Waals surface area contributed by atoms with Gasteiger partial charge in [-0.1, -0.05) is 15.9 Å². The first-order valence-corrected chi connectivity index (χ1v) is 11.3. The number of ether oxygens (including phenoxy) is 3. The van der Waals surface area contributed by atoms with Gasteiger partial charge in [0.25, 0.3) is 0 Å². The predicted octanol–water partition coefficient (Wildman–Crippen LogP) is 2.90. The predicted molar refractivity (Wildman–Crippen MR) is 107 cm³/mol. The molecule has 0 aliphatic carbocycles. The molecule has 4 rings (SSSR count). The Kier molecular flexibility index (Phi) is 4.96. The zero-order chi connectivity index (χ0) is 19.9. The summed E-state index contributed by atoms with van der Waals surface area (Å²) in [6, 6.07) is 8.52. The van der Waals surface area contributed by atoms with Gasteiger partial charge in [0.05, 0.1) is 17.5 Å². The van der Waals surface area contributed by atoms with Crippen LogP contribution >= 0.6 is 15.9 Å². The molecule has 2 aromatic rings. The lowest BCUT2D eigenvalue weighted by Gasteiger charge is -2.20. The number of fused-ring (bicyclic) bond motifs is 2. The highest BCUT2D eigenvalue weighted by Crippen LogP contribution is 2.36. The number of halogens is 1. The zero-order valence-electron chi connectivity index (χ0n) is 15.1. The molecule has 2 heterocycles. The Balaban J connectivity index is 1.48. The summed E-state index contributed by atoms with van der Waals surface area (Å²) < 4.78 is 42.3. The molecule has 0 fully saturated rings. The maximum absolute atomic E-state index is 12.5. The van der Waals surface area contributed by atoms with Gasteiger partial charge in [-0.05, 0) is 42.3 Å². The van der Waals surface area contributed by atoms with Crippen molar-refractivity contribution in [3.8, 4) is 11.5 Å². The monoisotopic (exact) mass is 467 g/mol. The molecule has 148 valence electrons. The lowest BCUT2D eigenvalue weighted by molar-refractivity contribution is 0.0471. The van der Waals surface area contributed by atoms with Crippen molar-refractivity contribution >= 4 is 37.6 Å². The topological polar surface area (TPSA) is 82.1 Å². The highest BCUT2D eigenvalue weighted by Gasteiger charge is 2.27. The molecule has 0 spiro atoms. The van der Waals surface area contributed by atoms with Crippen molar-refractivity contribution in [2.75, 3.05) is 30.3 Å². The van der Waals surface area contributed by atoms with E-state index in [9.17, 15) is 13.2 Å². The van der Waals surface area contributed by atoms with Gasteiger partial charge < -0.3 is 14.2 Å². The molecule has 7 nitrogen and oxygen atoms in total. The van der Waals surface area contributed by atoms with Crippen LogP contribution in [0.3, 0.4) is 0 Å². The number of esters is 1. The van der Waals surface area contributed by atoms with Gasteiger partial charge in [0.1, 0.15) is 19.8 Å². The summed E-state index contributed by atoms with van der Waals surface area (Å²) in [5, 5.41) is 0. The summed E-state index contributed by atoms with van der Waals surface area (Å²) in [4.78, 5) is 12.5. The Hall–Kier alpha value is -2.26. The molecule has 0 unspecified atom stereocenters. The van der Waals surface area contributed by atoms with Gasteiger partial charge in [0.2, 0.25) is 10.0 Å². The quantitative estimate of drug-likeness (QED) is 0.642. The highest BCUT2D eigenvalue weighted by molar-refractivity contribution is 9.10. The van der Waals surface area contributed by atoms with E-state index in [1.54, 1.807) is 30.3 Å². The van der Waals surface area contributed by atoms with Crippen LogP contribution in [0.5, 0.6) is 11.5 Å². The van der Waals surface area contributed by atoms with Gasteiger partial charge in [-0.3, -0.25) is 4.31 Å². The van der Waals surface area contributed by atoms with E-state index in [1.807, 2.05) is 0 Å². The Morgan fingerprint density at radius 2 is 1.89 bits per heavy atom. The standard InChI is InChI=1S/C19H18BrNO6S/c1-28(23,24)21-5-4-12-8-13(2-3-16(12)21)19(22)27-11-14-9-17-18(10-15(14)20)26-7-6-25-17/h2-3,8-10H,4-7,11H2,1H3. The van der Waals surface area contributed by atoms with E-state index in [2.05, 4.69) is 15.9 Å². The molecule has 2 aliphatic heterocycles. The van der Waals surface area contributed by atoms with E-state index < -0.39 is 16.0 Å². The maximum Gasteiger partial charge on any atom is 0.338 e. The van der Waals surface area contributed by atoms with Crippen LogP contribution in [0, 0.1) is 0 Å². The van der Waals surface area contributed by atoms with E-state index in [0.717, 1.165) is 15.6 Å². The fourth-order valence-corrected chi connectivity index (χ4v) is 4.68. The molecule has 2 aliphatic rings. The number of sulfonamides is 1. The van der Waals surface area contributed by atoms with Crippen molar-refractivity contribution in [1.29, 1.82) is 0 Å². The first-order chi connectivity index (χ1) is 13.3. The molecule has 0 N–H and O–H groups in total. The smallest absolute Gasteiger partial charge is 0.338 e. The van der Waals surface area contributed by atoms with Crippen molar-refractivity contribution in [3.63, 3.8) is 0 Å². The molecule has 0 saturated carbocycles. The normalized spacial score (nSPS) is 15.3. The average Bonchev–Trinajstić information content (AvgIpc) is 3.09. The van der Waals surface area contributed by atoms with Crippen LogP contribution in [0.15, 0.2) is 34.8 Å². The number of anilines is 1. The Labute approximate surface area is 171 Å². The molecule has 28 heavy (non-hydrogen) atoms. The van der Waals surface area contributed by atoms with E-state index >= 15 is 0 Å². The fourth-order valence-electron chi connectivity index (χ4n) is 3.29. The second-order valence-corrected chi connectivity index (χ2v) is 9.35. The maximum atomic E-state index is 12.5. The Bertz CT molecular complexity index is 1050. The minimum absolute atomic E-state index is 0.0720. The first kappa shape index (κ1) is 19.1. The van der Waals surface area contributed by atoms with E-state index in [-0.39, 0.29) is 6.61 Å². The van der Waals surface area contributed by atoms with Gasteiger partial charge in [0.15, 0.2) is 11.5 Å². The number of hydrogen-bond donors (Lipinski definition) is 0. The van der Waals surface area contributed by atoms with Crippen molar-refractivity contribution in [2.24, 2.45) is 0 Å². The summed E-state index contributed by atoms with van der Waals surface area (Å²) in [5.41, 5.74) is 2.60. The third kappa shape index (κ3) is 3.68. The number of hydrogen-bond acceptors (Lipinski definition) is 6. The molecule has 0 saturated heterocycles. The Morgan fingerprint density at radius 1 is 1.18 bits per heavy atom. The van der Waals surface area contributed by atoms with Gasteiger partial charge in [-0.25, -0.2) is 13.2 Å². The lowest BCUT2D eigenvalue weighted by atomic mass is 10.1. The van der Waals surface area contributed by atoms with E-state index in [4.69, 9.17) is 14.2 Å². The molecule has 0 atom stereocenters. The number of rotatable bonds is 4. The van der Waals surface area contributed by atoms with Crippen molar-refractivity contribution < 1.29 is 27.4 Å². The number of carbonyl (C=O) groups excluding carboxylic acids is 1. The summed E-state index contributed by atoms with van der Waals surface area (Å²) in [5.74, 6) is 0.809. The number of carbonyl (C=O) groups is 1. The second-order valence-electron chi connectivity index (χ2n) is 6.59. The minimum atomic E-state index is -3.32. The molecule has 9 heteroatoms. The summed E-state index contributed by atoms with van der Waals surface area (Å²) in [6.07, 6.45) is 1.74. The van der Waals surface area contributed by atoms with Crippen LogP contribution in [0.25, 0.3) is 0 Å². The number of benzene rings is 2. The van der Waals surface area contributed by atoms with Gasteiger partial charge in [0, 0.05) is 16.6 Å². The van der Waals surface area contributed by atoms with Crippen LogP contribution in [0.2, 0.25) is 0 Å². The molecule has 0 aromatic heterocycles. The Morgan fingerprint density at radius 3 is 2.61 bits per heavy atom. The van der Waals surface area contributed by atoms with Crippen molar-refractivity contribution in [2.45, 2.75) is 13.0 Å². The summed E-state index contributed by atoms with van der Waals surface area (Å²) >= 11 is 3.46. The molecular formula is C19H18BrNO6S. The molecule has 0 amide bonds. The van der Waals surface area contributed by atoms with Crippen LogP contribution in [-0.2, 0) is 27.8 Å². The van der Waals surface area contributed by atoms with Crippen molar-refractivity contribution in [1.82, 2.24) is 0 Å². The van der Waals surface area contributed by atoms with E-state index in [0.29, 0.717) is 48.9 Å². The van der Waals surface area contributed by atoms with Crippen LogP contribution in [-0.4, -0.2) is 40.4 Å². The molecular weight excluding hydrogens is 450 g/mol. The van der Waals surface area contributed by atoms with Crippen molar-refractivity contribution in [3.05, 3.63) is 51.5 Å². The first-order valence-electron chi connectivity index (χ1n) is 8.69.